The van der Waals surface area contributed by atoms with Gasteiger partial charge in [-0.25, -0.2) is 13.8 Å². The number of rotatable bonds is 2. The highest BCUT2D eigenvalue weighted by molar-refractivity contribution is 7.15. The maximum absolute atomic E-state index is 13.7. The van der Waals surface area contributed by atoms with Crippen molar-refractivity contribution in [3.63, 3.8) is 0 Å². The van der Waals surface area contributed by atoms with Crippen LogP contribution >= 0.6 is 11.3 Å². The Bertz CT molecular complexity index is 1480. The fourth-order valence-corrected chi connectivity index (χ4v) is 4.68. The lowest BCUT2D eigenvalue weighted by atomic mass is 10.2. The normalized spacial score (nSPS) is 12.5. The third-order valence-electron chi connectivity index (χ3n) is 4.97. The molecule has 0 bridgehead atoms. The molecular formula is C22H16FN3OS. The summed E-state index contributed by atoms with van der Waals surface area (Å²) in [4.78, 5) is 18.2. The van der Waals surface area contributed by atoms with E-state index in [2.05, 4.69) is 4.98 Å². The van der Waals surface area contributed by atoms with Gasteiger partial charge in [0.2, 0.25) is 0 Å². The number of thiazole rings is 1. The van der Waals surface area contributed by atoms with Crippen LogP contribution in [0.5, 0.6) is 0 Å². The summed E-state index contributed by atoms with van der Waals surface area (Å²) in [6, 6.07) is 16.2. The van der Waals surface area contributed by atoms with Gasteiger partial charge in [0.1, 0.15) is 5.82 Å². The molecule has 0 saturated heterocycles. The Morgan fingerprint density at radius 1 is 1.07 bits per heavy atom. The van der Waals surface area contributed by atoms with Gasteiger partial charge in [-0.1, -0.05) is 29.5 Å². The summed E-state index contributed by atoms with van der Waals surface area (Å²) in [6.45, 7) is 3.95. The molecule has 0 atom stereocenters. The van der Waals surface area contributed by atoms with Crippen LogP contribution in [0.1, 0.15) is 17.0 Å². The number of aryl methyl sites for hydroxylation is 1. The van der Waals surface area contributed by atoms with E-state index in [0.29, 0.717) is 9.49 Å². The highest BCUT2D eigenvalue weighted by atomic mass is 32.1. The summed E-state index contributed by atoms with van der Waals surface area (Å²) in [5.41, 5.74) is 5.22. The predicted octanol–water partition coefficient (Wildman–Crippen LogP) is 4.00. The van der Waals surface area contributed by atoms with Crippen molar-refractivity contribution in [2.45, 2.75) is 13.8 Å². The number of aromatic nitrogens is 3. The molecule has 0 N–H and O–H groups in total. The first-order valence-electron chi connectivity index (χ1n) is 8.89. The van der Waals surface area contributed by atoms with E-state index in [4.69, 9.17) is 0 Å². The summed E-state index contributed by atoms with van der Waals surface area (Å²) in [6.07, 6.45) is 1.90. The molecule has 0 spiro atoms. The lowest BCUT2D eigenvalue weighted by Gasteiger charge is -2.09. The van der Waals surface area contributed by atoms with Crippen molar-refractivity contribution in [1.29, 1.82) is 0 Å². The minimum absolute atomic E-state index is 0.0655. The van der Waals surface area contributed by atoms with Crippen LogP contribution in [0.2, 0.25) is 0 Å². The molecule has 5 rings (SSSR count). The van der Waals surface area contributed by atoms with Gasteiger partial charge >= 0.3 is 0 Å². The molecule has 5 aromatic rings. The van der Waals surface area contributed by atoms with Gasteiger partial charge in [-0.15, -0.1) is 0 Å². The molecule has 0 radical (unpaired) electrons. The highest BCUT2D eigenvalue weighted by Crippen LogP contribution is 2.22. The molecule has 0 aliphatic carbocycles. The first-order chi connectivity index (χ1) is 13.5. The van der Waals surface area contributed by atoms with E-state index >= 15 is 0 Å². The zero-order chi connectivity index (χ0) is 19.4. The number of hydrogen-bond donors (Lipinski definition) is 0. The smallest absolute Gasteiger partial charge is 0.274 e. The van der Waals surface area contributed by atoms with Crippen molar-refractivity contribution in [1.82, 2.24) is 14.0 Å². The maximum Gasteiger partial charge on any atom is 0.274 e. The maximum atomic E-state index is 13.7. The van der Waals surface area contributed by atoms with Gasteiger partial charge in [-0.2, -0.15) is 0 Å². The van der Waals surface area contributed by atoms with Crippen molar-refractivity contribution in [3.05, 3.63) is 92.3 Å². The largest absolute Gasteiger partial charge is 0.318 e. The van der Waals surface area contributed by atoms with Crippen LogP contribution in [0.4, 0.5) is 4.39 Å². The van der Waals surface area contributed by atoms with E-state index in [0.717, 1.165) is 33.7 Å². The van der Waals surface area contributed by atoms with E-state index in [-0.39, 0.29) is 11.4 Å². The number of hydrogen-bond acceptors (Lipinski definition) is 3. The summed E-state index contributed by atoms with van der Waals surface area (Å²) < 4.78 is 18.0. The number of fused-ring (bicyclic) bond motifs is 3. The van der Waals surface area contributed by atoms with Crippen LogP contribution in [0.15, 0.2) is 59.4 Å². The van der Waals surface area contributed by atoms with Crippen molar-refractivity contribution in [3.8, 4) is 5.69 Å². The molecular weight excluding hydrogens is 373 g/mol. The molecule has 0 aliphatic rings. The Kier molecular flexibility index (Phi) is 3.70. The van der Waals surface area contributed by atoms with Crippen LogP contribution in [0.3, 0.4) is 0 Å². The van der Waals surface area contributed by atoms with Crippen molar-refractivity contribution < 1.29 is 4.39 Å². The van der Waals surface area contributed by atoms with Crippen molar-refractivity contribution in [2.75, 3.05) is 0 Å². The van der Waals surface area contributed by atoms with Gasteiger partial charge in [0.15, 0.2) is 4.96 Å². The summed E-state index contributed by atoms with van der Waals surface area (Å²) in [5, 5.41) is 0. The van der Waals surface area contributed by atoms with E-state index in [1.807, 2.05) is 60.9 Å². The van der Waals surface area contributed by atoms with Crippen LogP contribution < -0.4 is 10.1 Å². The number of para-hydroxylation sites is 2. The molecule has 6 heteroatoms. The predicted molar refractivity (Wildman–Crippen MR) is 111 cm³/mol. The highest BCUT2D eigenvalue weighted by Gasteiger charge is 2.13. The summed E-state index contributed by atoms with van der Waals surface area (Å²) >= 11 is 1.38. The average molecular weight is 389 g/mol. The first kappa shape index (κ1) is 16.9. The Labute approximate surface area is 163 Å². The topological polar surface area (TPSA) is 39.3 Å². The van der Waals surface area contributed by atoms with Crippen LogP contribution in [0, 0.1) is 19.7 Å². The molecule has 0 fully saturated rings. The second-order valence-electron chi connectivity index (χ2n) is 6.78. The summed E-state index contributed by atoms with van der Waals surface area (Å²) in [7, 11) is 0. The van der Waals surface area contributed by atoms with Crippen molar-refractivity contribution >= 4 is 33.4 Å². The molecule has 28 heavy (non-hydrogen) atoms. The molecule has 2 aromatic carbocycles. The van der Waals surface area contributed by atoms with Gasteiger partial charge in [0, 0.05) is 17.1 Å². The Morgan fingerprint density at radius 2 is 1.89 bits per heavy atom. The molecule has 0 aliphatic heterocycles. The van der Waals surface area contributed by atoms with E-state index in [1.54, 1.807) is 10.5 Å². The van der Waals surface area contributed by atoms with Gasteiger partial charge in [0.05, 0.1) is 15.6 Å². The van der Waals surface area contributed by atoms with Crippen LogP contribution in [-0.4, -0.2) is 14.0 Å². The van der Waals surface area contributed by atoms with Gasteiger partial charge in [-0.3, -0.25) is 4.79 Å². The van der Waals surface area contributed by atoms with Gasteiger partial charge in [0.25, 0.3) is 5.56 Å². The minimum atomic E-state index is -0.274. The molecule has 0 unspecified atom stereocenters. The first-order valence-corrected chi connectivity index (χ1v) is 9.71. The zero-order valence-electron chi connectivity index (χ0n) is 15.3. The number of halogens is 1. The third-order valence-corrected chi connectivity index (χ3v) is 5.94. The van der Waals surface area contributed by atoms with E-state index in [1.165, 1.54) is 23.5 Å². The lowest BCUT2D eigenvalue weighted by Crippen LogP contribution is -2.22. The zero-order valence-corrected chi connectivity index (χ0v) is 16.1. The second-order valence-corrected chi connectivity index (χ2v) is 7.79. The lowest BCUT2D eigenvalue weighted by molar-refractivity contribution is 0.626. The molecule has 3 heterocycles. The second kappa shape index (κ2) is 6.14. The third kappa shape index (κ3) is 2.49. The minimum Gasteiger partial charge on any atom is -0.318 e. The van der Waals surface area contributed by atoms with Crippen LogP contribution in [-0.2, 0) is 0 Å². The molecule has 0 amide bonds. The number of nitrogens with zero attached hydrogens (tertiary/aromatic N) is 3. The van der Waals surface area contributed by atoms with Crippen LogP contribution in [0.25, 0.3) is 27.8 Å². The quantitative estimate of drug-likeness (QED) is 0.458. The van der Waals surface area contributed by atoms with E-state index < -0.39 is 0 Å². The Balaban J connectivity index is 1.71. The molecule has 138 valence electrons. The molecule has 0 saturated carbocycles. The Morgan fingerprint density at radius 3 is 2.71 bits per heavy atom. The SMILES string of the molecule is Cc1cc(/C=c2\sc3nc4ccccc4n3c2=O)c(C)n1-c1cccc(F)c1. The Hall–Kier alpha value is -3.25. The number of imidazole rings is 1. The van der Waals surface area contributed by atoms with Gasteiger partial charge in [-0.05, 0) is 61.9 Å². The fourth-order valence-electron chi connectivity index (χ4n) is 3.70. The molecule has 3 aromatic heterocycles. The average Bonchev–Trinajstić information content (AvgIpc) is 3.27. The standard InChI is InChI=1S/C22H16FN3OS/c1-13-10-15(14(2)25(13)17-7-5-6-16(23)12-17)11-20-21(27)26-19-9-4-3-8-18(19)24-22(26)28-20/h3-12H,1-2H3/b20-11-. The van der Waals surface area contributed by atoms with E-state index in [9.17, 15) is 9.18 Å². The monoisotopic (exact) mass is 389 g/mol. The molecule has 4 nitrogen and oxygen atoms in total. The fraction of sp³-hybridized carbons (Fsp3) is 0.0909. The van der Waals surface area contributed by atoms with Gasteiger partial charge < -0.3 is 4.57 Å². The van der Waals surface area contributed by atoms with Crippen molar-refractivity contribution in [2.24, 2.45) is 0 Å². The summed E-state index contributed by atoms with van der Waals surface area (Å²) in [5.74, 6) is -0.274. The number of benzene rings is 2.